The number of anilines is 1. The van der Waals surface area contributed by atoms with Gasteiger partial charge in [-0.1, -0.05) is 18.2 Å². The fraction of sp³-hybridized carbons (Fsp3) is 0.190. The number of nitrogens with zero attached hydrogens (tertiary/aromatic N) is 3. The van der Waals surface area contributed by atoms with Crippen molar-refractivity contribution in [1.29, 1.82) is 0 Å². The maximum absolute atomic E-state index is 12.5. The van der Waals surface area contributed by atoms with Gasteiger partial charge in [-0.3, -0.25) is 14.2 Å². The summed E-state index contributed by atoms with van der Waals surface area (Å²) >= 11 is 0. The summed E-state index contributed by atoms with van der Waals surface area (Å²) in [6, 6.07) is 15.3. The molecule has 4 aromatic rings. The van der Waals surface area contributed by atoms with E-state index in [0.29, 0.717) is 16.9 Å². The van der Waals surface area contributed by atoms with E-state index in [2.05, 4.69) is 28.7 Å². The van der Waals surface area contributed by atoms with Gasteiger partial charge in [0.05, 0.1) is 28.4 Å². The maximum Gasteiger partial charge on any atom is 0.261 e. The van der Waals surface area contributed by atoms with Gasteiger partial charge in [0.25, 0.3) is 5.56 Å². The highest BCUT2D eigenvalue weighted by Gasteiger charge is 2.12. The summed E-state index contributed by atoms with van der Waals surface area (Å²) in [7, 11) is 0. The van der Waals surface area contributed by atoms with Crippen molar-refractivity contribution in [1.82, 2.24) is 14.1 Å². The van der Waals surface area contributed by atoms with Gasteiger partial charge < -0.3 is 9.88 Å². The first-order valence-electron chi connectivity index (χ1n) is 8.88. The quantitative estimate of drug-likeness (QED) is 0.605. The van der Waals surface area contributed by atoms with Gasteiger partial charge in [-0.15, -0.1) is 0 Å². The molecule has 0 saturated heterocycles. The van der Waals surface area contributed by atoms with E-state index in [1.807, 2.05) is 36.5 Å². The minimum absolute atomic E-state index is 0.0854. The lowest BCUT2D eigenvalue weighted by Gasteiger charge is -2.11. The molecule has 2 aromatic heterocycles. The summed E-state index contributed by atoms with van der Waals surface area (Å²) in [5.41, 5.74) is 2.20. The molecule has 27 heavy (non-hydrogen) atoms. The smallest absolute Gasteiger partial charge is 0.261 e. The predicted octanol–water partition coefficient (Wildman–Crippen LogP) is 3.57. The third kappa shape index (κ3) is 3.10. The summed E-state index contributed by atoms with van der Waals surface area (Å²) < 4.78 is 3.49. The molecule has 1 N–H and O–H groups in total. The second-order valence-corrected chi connectivity index (χ2v) is 6.80. The highest BCUT2D eigenvalue weighted by molar-refractivity contribution is 6.01. The van der Waals surface area contributed by atoms with Crippen LogP contribution in [0.4, 0.5) is 5.69 Å². The second-order valence-electron chi connectivity index (χ2n) is 6.80. The van der Waals surface area contributed by atoms with E-state index in [9.17, 15) is 9.59 Å². The van der Waals surface area contributed by atoms with Crippen molar-refractivity contribution >= 4 is 33.4 Å². The van der Waals surface area contributed by atoms with E-state index >= 15 is 0 Å². The van der Waals surface area contributed by atoms with Crippen molar-refractivity contribution in [2.75, 3.05) is 5.32 Å². The van der Waals surface area contributed by atoms with Crippen LogP contribution < -0.4 is 10.9 Å². The molecule has 6 nitrogen and oxygen atoms in total. The number of fused-ring (bicyclic) bond motifs is 2. The zero-order chi connectivity index (χ0) is 19.0. The maximum atomic E-state index is 12.5. The van der Waals surface area contributed by atoms with Crippen molar-refractivity contribution in [3.8, 4) is 0 Å². The number of carbonyl (C=O) groups excluding carboxylic acids is 1. The van der Waals surface area contributed by atoms with E-state index in [-0.39, 0.29) is 18.0 Å². The molecule has 0 bridgehead atoms. The zero-order valence-electron chi connectivity index (χ0n) is 15.2. The highest BCUT2D eigenvalue weighted by atomic mass is 16.2. The Kier molecular flexibility index (Phi) is 4.24. The Bertz CT molecular complexity index is 1200. The van der Waals surface area contributed by atoms with Crippen LogP contribution in [0.3, 0.4) is 0 Å². The van der Waals surface area contributed by atoms with E-state index in [1.54, 1.807) is 18.2 Å². The first kappa shape index (κ1) is 17.0. The number of benzene rings is 2. The minimum Gasteiger partial charge on any atom is -0.345 e. The largest absolute Gasteiger partial charge is 0.345 e. The molecule has 4 rings (SSSR count). The van der Waals surface area contributed by atoms with Crippen molar-refractivity contribution < 1.29 is 4.79 Å². The molecule has 0 unspecified atom stereocenters. The lowest BCUT2D eigenvalue weighted by atomic mass is 10.2. The summed E-state index contributed by atoms with van der Waals surface area (Å²) in [6.45, 7) is 4.14. The summed E-state index contributed by atoms with van der Waals surface area (Å²) in [4.78, 5) is 29.4. The van der Waals surface area contributed by atoms with E-state index in [0.717, 1.165) is 16.6 Å². The molecule has 0 atom stereocenters. The molecule has 2 heterocycles. The van der Waals surface area contributed by atoms with Crippen LogP contribution in [0.2, 0.25) is 0 Å². The Morgan fingerprint density at radius 2 is 1.89 bits per heavy atom. The zero-order valence-corrected chi connectivity index (χ0v) is 15.2. The molecule has 0 spiro atoms. The lowest BCUT2D eigenvalue weighted by molar-refractivity contribution is -0.116. The Balaban J connectivity index is 1.61. The topological polar surface area (TPSA) is 68.9 Å². The number of rotatable bonds is 4. The molecule has 0 fully saturated rings. The van der Waals surface area contributed by atoms with Crippen molar-refractivity contribution in [2.24, 2.45) is 0 Å². The minimum atomic E-state index is -0.265. The molecule has 2 aromatic carbocycles. The van der Waals surface area contributed by atoms with Crippen LogP contribution in [0.25, 0.3) is 21.8 Å². The van der Waals surface area contributed by atoms with Crippen molar-refractivity contribution in [2.45, 2.75) is 26.4 Å². The number of para-hydroxylation sites is 1. The number of aromatic nitrogens is 3. The van der Waals surface area contributed by atoms with Crippen LogP contribution in [0.5, 0.6) is 0 Å². The Hall–Kier alpha value is -3.41. The van der Waals surface area contributed by atoms with Crippen molar-refractivity contribution in [3.63, 3.8) is 0 Å². The van der Waals surface area contributed by atoms with Gasteiger partial charge in [-0.25, -0.2) is 4.98 Å². The molecule has 6 heteroatoms. The molecule has 136 valence electrons. The molecular weight excluding hydrogens is 340 g/mol. The van der Waals surface area contributed by atoms with Gasteiger partial charge in [-0.05, 0) is 44.2 Å². The molecule has 0 aliphatic heterocycles. The van der Waals surface area contributed by atoms with Crippen LogP contribution in [-0.2, 0) is 11.3 Å². The summed E-state index contributed by atoms with van der Waals surface area (Å²) in [5, 5.41) is 4.40. The molecule has 0 saturated carbocycles. The predicted molar refractivity (Wildman–Crippen MR) is 107 cm³/mol. The number of amides is 1. The average molecular weight is 360 g/mol. The highest BCUT2D eigenvalue weighted by Crippen LogP contribution is 2.26. The third-order valence-corrected chi connectivity index (χ3v) is 4.64. The Morgan fingerprint density at radius 3 is 2.70 bits per heavy atom. The van der Waals surface area contributed by atoms with Crippen LogP contribution in [0.15, 0.2) is 65.8 Å². The summed E-state index contributed by atoms with van der Waals surface area (Å²) in [6.07, 6.45) is 3.43. The fourth-order valence-electron chi connectivity index (χ4n) is 3.31. The summed E-state index contributed by atoms with van der Waals surface area (Å²) in [5.74, 6) is -0.265. The normalized spacial score (nSPS) is 11.4. The van der Waals surface area contributed by atoms with Gasteiger partial charge in [0, 0.05) is 17.6 Å². The Morgan fingerprint density at radius 1 is 1.07 bits per heavy atom. The SMILES string of the molecule is CC(C)n1ccc2c(NC(=O)Cn3cnc4ccccc4c3=O)cccc21. The monoisotopic (exact) mass is 360 g/mol. The van der Waals surface area contributed by atoms with E-state index < -0.39 is 0 Å². The van der Waals surface area contributed by atoms with E-state index in [1.165, 1.54) is 10.9 Å². The van der Waals surface area contributed by atoms with Crippen LogP contribution in [0, 0.1) is 0 Å². The second kappa shape index (κ2) is 6.72. The van der Waals surface area contributed by atoms with Crippen LogP contribution in [0.1, 0.15) is 19.9 Å². The van der Waals surface area contributed by atoms with Gasteiger partial charge in [0.1, 0.15) is 6.54 Å². The third-order valence-electron chi connectivity index (χ3n) is 4.64. The first-order valence-corrected chi connectivity index (χ1v) is 8.88. The van der Waals surface area contributed by atoms with Crippen molar-refractivity contribution in [3.05, 3.63) is 71.4 Å². The molecule has 0 aliphatic rings. The van der Waals surface area contributed by atoms with Crippen LogP contribution in [-0.4, -0.2) is 20.0 Å². The van der Waals surface area contributed by atoms with Crippen LogP contribution >= 0.6 is 0 Å². The molecule has 0 radical (unpaired) electrons. The molecule has 1 amide bonds. The number of nitrogens with one attached hydrogen (secondary N) is 1. The fourth-order valence-corrected chi connectivity index (χ4v) is 3.31. The first-order chi connectivity index (χ1) is 13.0. The number of hydrogen-bond donors (Lipinski definition) is 1. The van der Waals surface area contributed by atoms with Gasteiger partial charge in [0.2, 0.25) is 5.91 Å². The Labute approximate surface area is 156 Å². The lowest BCUT2D eigenvalue weighted by Crippen LogP contribution is -2.27. The van der Waals surface area contributed by atoms with E-state index in [4.69, 9.17) is 0 Å². The molecule has 0 aliphatic carbocycles. The number of hydrogen-bond acceptors (Lipinski definition) is 3. The average Bonchev–Trinajstić information content (AvgIpc) is 3.10. The number of carbonyl (C=O) groups is 1. The van der Waals surface area contributed by atoms with Gasteiger partial charge in [0.15, 0.2) is 0 Å². The standard InChI is InChI=1S/C21H20N4O2/c1-14(2)25-11-10-15-18(8-5-9-19(15)25)23-20(26)12-24-13-22-17-7-4-3-6-16(17)21(24)27/h3-11,13-14H,12H2,1-2H3,(H,23,26). The molecular formula is C21H20N4O2. The van der Waals surface area contributed by atoms with Gasteiger partial charge >= 0.3 is 0 Å². The van der Waals surface area contributed by atoms with Gasteiger partial charge in [-0.2, -0.15) is 0 Å².